The molecule has 0 spiro atoms. The summed E-state index contributed by atoms with van der Waals surface area (Å²) in [4.78, 5) is 7.53. The highest BCUT2D eigenvalue weighted by molar-refractivity contribution is 5.58. The second kappa shape index (κ2) is 7.06. The van der Waals surface area contributed by atoms with Crippen LogP contribution in [0.3, 0.4) is 0 Å². The quantitative estimate of drug-likeness (QED) is 0.646. The van der Waals surface area contributed by atoms with Crippen molar-refractivity contribution in [3.63, 3.8) is 0 Å². The fraction of sp³-hybridized carbons (Fsp3) is 0.0588. The second-order valence-electron chi connectivity index (χ2n) is 5.20. The van der Waals surface area contributed by atoms with Gasteiger partial charge in [0.1, 0.15) is 29.5 Å². The maximum absolute atomic E-state index is 13.3. The molecule has 140 valence electrons. The monoisotopic (exact) mass is 383 g/mol. The molecule has 1 aromatic heterocycles. The van der Waals surface area contributed by atoms with Gasteiger partial charge in [0.15, 0.2) is 5.69 Å². The Hall–Kier alpha value is -3.43. The van der Waals surface area contributed by atoms with Crippen molar-refractivity contribution in [3.8, 4) is 23.3 Å². The Bertz CT molecular complexity index is 962. The van der Waals surface area contributed by atoms with Crippen LogP contribution in [0.2, 0.25) is 0 Å². The number of nitrogens with two attached hydrogens (primary N) is 1. The Morgan fingerprint density at radius 3 is 1.96 bits per heavy atom. The third-order valence-electron chi connectivity index (χ3n) is 3.30. The lowest BCUT2D eigenvalue weighted by Crippen LogP contribution is -2.08. The van der Waals surface area contributed by atoms with Gasteiger partial charge >= 0.3 is 6.18 Å². The van der Waals surface area contributed by atoms with Crippen molar-refractivity contribution in [1.29, 1.82) is 0 Å². The van der Waals surface area contributed by atoms with Crippen LogP contribution in [0.15, 0.2) is 48.8 Å². The van der Waals surface area contributed by atoms with Gasteiger partial charge in [0.25, 0.3) is 0 Å². The third kappa shape index (κ3) is 4.22. The SMILES string of the molecule is Nc1c(Oc2ccc(F)cc2)ncnc1Oc1ccc(F)c(C(F)(F)F)c1. The van der Waals surface area contributed by atoms with Crippen LogP contribution in [0.4, 0.5) is 27.6 Å². The predicted octanol–water partition coefficient (Wildman–Crippen LogP) is 4.94. The molecule has 0 atom stereocenters. The minimum absolute atomic E-state index is 0.148. The Balaban J connectivity index is 1.87. The number of nitrogens with zero attached hydrogens (tertiary/aromatic N) is 2. The van der Waals surface area contributed by atoms with Crippen molar-refractivity contribution in [2.75, 3.05) is 5.73 Å². The molecule has 3 rings (SSSR count). The molecule has 0 saturated heterocycles. The average molecular weight is 383 g/mol. The summed E-state index contributed by atoms with van der Waals surface area (Å²) < 4.78 is 75.2. The van der Waals surface area contributed by atoms with Crippen LogP contribution >= 0.6 is 0 Å². The number of alkyl halides is 3. The summed E-state index contributed by atoms with van der Waals surface area (Å²) in [6.07, 6.45) is -3.88. The first-order valence-corrected chi connectivity index (χ1v) is 7.32. The zero-order valence-electron chi connectivity index (χ0n) is 13.3. The molecular formula is C17H10F5N3O2. The zero-order chi connectivity index (χ0) is 19.6. The van der Waals surface area contributed by atoms with Crippen molar-refractivity contribution in [1.82, 2.24) is 9.97 Å². The molecule has 0 radical (unpaired) electrons. The van der Waals surface area contributed by atoms with Gasteiger partial charge in [-0.15, -0.1) is 0 Å². The van der Waals surface area contributed by atoms with Crippen LogP contribution in [0, 0.1) is 11.6 Å². The van der Waals surface area contributed by atoms with E-state index in [0.717, 1.165) is 24.5 Å². The van der Waals surface area contributed by atoms with Gasteiger partial charge in [-0.25, -0.2) is 8.78 Å². The number of hydrogen-bond acceptors (Lipinski definition) is 5. The van der Waals surface area contributed by atoms with E-state index in [2.05, 4.69) is 9.97 Å². The summed E-state index contributed by atoms with van der Waals surface area (Å²) in [5.74, 6) is -2.47. The van der Waals surface area contributed by atoms with Gasteiger partial charge in [0.05, 0.1) is 5.56 Å². The van der Waals surface area contributed by atoms with Crippen molar-refractivity contribution in [2.45, 2.75) is 6.18 Å². The Morgan fingerprint density at radius 1 is 0.815 bits per heavy atom. The van der Waals surface area contributed by atoms with Gasteiger partial charge in [-0.05, 0) is 42.5 Å². The van der Waals surface area contributed by atoms with Crippen LogP contribution < -0.4 is 15.2 Å². The van der Waals surface area contributed by atoms with Gasteiger partial charge in [-0.2, -0.15) is 23.1 Å². The van der Waals surface area contributed by atoms with Gasteiger partial charge < -0.3 is 15.2 Å². The van der Waals surface area contributed by atoms with Crippen LogP contribution in [-0.2, 0) is 6.18 Å². The number of anilines is 1. The summed E-state index contributed by atoms with van der Waals surface area (Å²) >= 11 is 0. The molecule has 3 aromatic rings. The highest BCUT2D eigenvalue weighted by Gasteiger charge is 2.34. The Morgan fingerprint density at radius 2 is 1.37 bits per heavy atom. The first-order chi connectivity index (χ1) is 12.7. The maximum Gasteiger partial charge on any atom is 0.419 e. The van der Waals surface area contributed by atoms with E-state index in [4.69, 9.17) is 15.2 Å². The van der Waals surface area contributed by atoms with E-state index in [9.17, 15) is 22.0 Å². The van der Waals surface area contributed by atoms with Crippen molar-refractivity contribution < 1.29 is 31.4 Å². The first kappa shape index (κ1) is 18.4. The molecule has 0 aliphatic carbocycles. The van der Waals surface area contributed by atoms with E-state index in [1.54, 1.807) is 0 Å². The third-order valence-corrected chi connectivity index (χ3v) is 3.30. The first-order valence-electron chi connectivity index (χ1n) is 7.32. The van der Waals surface area contributed by atoms with Gasteiger partial charge in [-0.1, -0.05) is 0 Å². The summed E-state index contributed by atoms with van der Waals surface area (Å²) in [6, 6.07) is 7.05. The van der Waals surface area contributed by atoms with Crippen molar-refractivity contribution in [3.05, 3.63) is 66.0 Å². The van der Waals surface area contributed by atoms with Crippen LogP contribution in [-0.4, -0.2) is 9.97 Å². The highest BCUT2D eigenvalue weighted by atomic mass is 19.4. The standard InChI is InChI=1S/C17H10F5N3O2/c18-9-1-3-10(4-2-9)26-15-14(23)16(25-8-24-15)27-11-5-6-13(19)12(7-11)17(20,21)22/h1-8H,23H2. The van der Waals surface area contributed by atoms with Crippen LogP contribution in [0.25, 0.3) is 0 Å². The topological polar surface area (TPSA) is 70.3 Å². The van der Waals surface area contributed by atoms with Gasteiger partial charge in [-0.3, -0.25) is 0 Å². The lowest BCUT2D eigenvalue weighted by Gasteiger charge is -2.13. The molecule has 10 heteroatoms. The molecule has 2 N–H and O–H groups in total. The van der Waals surface area contributed by atoms with Gasteiger partial charge in [0.2, 0.25) is 11.8 Å². The minimum Gasteiger partial charge on any atom is -0.437 e. The summed E-state index contributed by atoms with van der Waals surface area (Å²) in [7, 11) is 0. The lowest BCUT2D eigenvalue weighted by molar-refractivity contribution is -0.140. The molecule has 0 aliphatic heterocycles. The Labute approximate surface area is 149 Å². The summed E-state index contributed by atoms with van der Waals surface area (Å²) in [5, 5.41) is 0. The maximum atomic E-state index is 13.3. The average Bonchev–Trinajstić information content (AvgIpc) is 2.61. The largest absolute Gasteiger partial charge is 0.437 e. The number of halogens is 5. The number of nitrogen functional groups attached to an aromatic ring is 1. The molecule has 0 unspecified atom stereocenters. The molecule has 0 fully saturated rings. The number of ether oxygens (including phenoxy) is 2. The van der Waals surface area contributed by atoms with E-state index < -0.39 is 23.4 Å². The van der Waals surface area contributed by atoms with Crippen molar-refractivity contribution >= 4 is 5.69 Å². The fourth-order valence-electron chi connectivity index (χ4n) is 2.04. The number of aromatic nitrogens is 2. The van der Waals surface area contributed by atoms with Crippen molar-refractivity contribution in [2.24, 2.45) is 0 Å². The smallest absolute Gasteiger partial charge is 0.419 e. The summed E-state index contributed by atoms with van der Waals surface area (Å²) in [6.45, 7) is 0. The van der Waals surface area contributed by atoms with E-state index in [0.29, 0.717) is 12.1 Å². The predicted molar refractivity (Wildman–Crippen MR) is 84.4 cm³/mol. The second-order valence-corrected chi connectivity index (χ2v) is 5.20. The fourth-order valence-corrected chi connectivity index (χ4v) is 2.04. The molecule has 0 aliphatic rings. The van der Waals surface area contributed by atoms with E-state index in [1.807, 2.05) is 0 Å². The summed E-state index contributed by atoms with van der Waals surface area (Å²) in [5.41, 5.74) is 4.12. The Kier molecular flexibility index (Phi) is 4.80. The van der Waals surface area contributed by atoms with Crippen LogP contribution in [0.5, 0.6) is 23.3 Å². The van der Waals surface area contributed by atoms with E-state index in [1.165, 1.54) is 12.1 Å². The zero-order valence-corrected chi connectivity index (χ0v) is 13.3. The molecule has 5 nitrogen and oxygen atoms in total. The van der Waals surface area contributed by atoms with Crippen LogP contribution in [0.1, 0.15) is 5.56 Å². The van der Waals surface area contributed by atoms with Gasteiger partial charge in [0, 0.05) is 0 Å². The number of benzene rings is 2. The molecule has 27 heavy (non-hydrogen) atoms. The molecule has 0 bridgehead atoms. The number of rotatable bonds is 4. The minimum atomic E-state index is -4.89. The highest BCUT2D eigenvalue weighted by Crippen LogP contribution is 2.37. The molecule has 0 amide bonds. The molecule has 0 saturated carbocycles. The molecule has 1 heterocycles. The normalized spacial score (nSPS) is 11.3. The molecule has 2 aromatic carbocycles. The number of hydrogen-bond donors (Lipinski definition) is 1. The lowest BCUT2D eigenvalue weighted by atomic mass is 10.2. The van der Waals surface area contributed by atoms with E-state index in [-0.39, 0.29) is 28.9 Å². The van der Waals surface area contributed by atoms with E-state index >= 15 is 0 Å². The molecular weight excluding hydrogens is 373 g/mol.